The van der Waals surface area contributed by atoms with E-state index >= 15 is 0 Å². The van der Waals surface area contributed by atoms with E-state index in [0.717, 1.165) is 28.7 Å². The Bertz CT molecular complexity index is 1960. The van der Waals surface area contributed by atoms with E-state index < -0.39 is 16.9 Å². The number of rotatable bonds is 7. The predicted octanol–water partition coefficient (Wildman–Crippen LogP) is 3.25. The molecule has 0 fully saturated rings. The first-order chi connectivity index (χ1) is 19.7. The fraction of sp³-hybridized carbons (Fsp3) is 0.179. The first-order valence-corrected chi connectivity index (χ1v) is 14.1. The third-order valence-corrected chi connectivity index (χ3v) is 8.10. The maximum Gasteiger partial charge on any atom is 0.338 e. The number of hydrogen-bond donors (Lipinski definition) is 1. The Morgan fingerprint density at radius 2 is 1.95 bits per heavy atom. The summed E-state index contributed by atoms with van der Waals surface area (Å²) in [5, 5.41) is 12.2. The van der Waals surface area contributed by atoms with Crippen LogP contribution in [0.25, 0.3) is 6.08 Å². The Hall–Kier alpha value is -4.62. The van der Waals surface area contributed by atoms with E-state index in [-0.39, 0.29) is 39.0 Å². The molecule has 0 amide bonds. The number of esters is 1. The zero-order valence-electron chi connectivity index (χ0n) is 22.1. The molecular weight excluding hydrogens is 566 g/mol. The van der Waals surface area contributed by atoms with Crippen molar-refractivity contribution in [3.63, 3.8) is 0 Å². The van der Waals surface area contributed by atoms with Crippen molar-refractivity contribution < 1.29 is 14.5 Å². The maximum atomic E-state index is 13.8. The molecule has 0 bridgehead atoms. The first-order valence-electron chi connectivity index (χ1n) is 12.4. The number of carbonyl (C=O) groups is 1. The smallest absolute Gasteiger partial charge is 0.338 e. The standard InChI is InChI=1S/C28H23N5O6S2/c1-4-39-26(36)23-16(3)30-28-32(24(23)18-8-6-5-7-9-18)25(35)21(41-28)14-17-10-11-20(19(13-17)33(37)38)40-27-29-15(2)12-22(34)31-27/h5-14,24H,4H2,1-3H3,(H,29,31,34)/b21-14+/t24-/m1/s1. The van der Waals surface area contributed by atoms with E-state index in [0.29, 0.717) is 26.3 Å². The van der Waals surface area contributed by atoms with E-state index in [9.17, 15) is 24.5 Å². The molecule has 1 atom stereocenters. The van der Waals surface area contributed by atoms with Crippen LogP contribution in [0.5, 0.6) is 0 Å². The van der Waals surface area contributed by atoms with Gasteiger partial charge in [-0.25, -0.2) is 14.8 Å². The topological polar surface area (TPSA) is 150 Å². The first kappa shape index (κ1) is 27.9. The molecule has 1 aliphatic rings. The second kappa shape index (κ2) is 11.5. The van der Waals surface area contributed by atoms with Crippen molar-refractivity contribution in [2.75, 3.05) is 6.61 Å². The fourth-order valence-corrected chi connectivity index (χ4v) is 6.42. The number of aromatic nitrogens is 3. The van der Waals surface area contributed by atoms with Gasteiger partial charge in [-0.3, -0.25) is 24.3 Å². The van der Waals surface area contributed by atoms with Crippen molar-refractivity contribution in [2.45, 2.75) is 36.9 Å². The third kappa shape index (κ3) is 5.67. The molecule has 0 spiro atoms. The summed E-state index contributed by atoms with van der Waals surface area (Å²) in [6.45, 7) is 5.24. The number of ether oxygens (including phenoxy) is 1. The molecule has 5 rings (SSSR count). The predicted molar refractivity (Wildman–Crippen MR) is 154 cm³/mol. The second-order valence-corrected chi connectivity index (χ2v) is 11.0. The third-order valence-electron chi connectivity index (χ3n) is 6.16. The quantitative estimate of drug-likeness (QED) is 0.149. The normalized spacial score (nSPS) is 14.9. The van der Waals surface area contributed by atoms with Gasteiger partial charge in [0.2, 0.25) is 0 Å². The monoisotopic (exact) mass is 589 g/mol. The Balaban J connectivity index is 1.61. The molecule has 2 aromatic heterocycles. The van der Waals surface area contributed by atoms with E-state index in [1.54, 1.807) is 39.0 Å². The average Bonchev–Trinajstić information content (AvgIpc) is 3.22. The minimum atomic E-state index is -0.745. The number of hydrogen-bond acceptors (Lipinski definition) is 10. The Morgan fingerprint density at radius 1 is 1.20 bits per heavy atom. The second-order valence-electron chi connectivity index (χ2n) is 8.99. The van der Waals surface area contributed by atoms with Crippen LogP contribution < -0.4 is 20.5 Å². The summed E-state index contributed by atoms with van der Waals surface area (Å²) in [6, 6.07) is 14.3. The molecule has 11 nitrogen and oxygen atoms in total. The molecule has 4 aromatic rings. The SMILES string of the molecule is CCOC(=O)C1=C(C)N=c2s/c(=C/c3ccc(Sc4nc(C)cc(=O)[nH]4)c([N+](=O)[O-])c3)c(=O)n2[C@@H]1c1ccccc1. The van der Waals surface area contributed by atoms with Crippen LogP contribution in [-0.4, -0.2) is 32.0 Å². The number of nitro benzene ring substituents is 1. The molecule has 0 saturated heterocycles. The van der Waals surface area contributed by atoms with Gasteiger partial charge in [0.1, 0.15) is 0 Å². The van der Waals surface area contributed by atoms with Gasteiger partial charge in [0.05, 0.1) is 38.3 Å². The molecule has 3 heterocycles. The van der Waals surface area contributed by atoms with Crippen molar-refractivity contribution in [3.05, 3.63) is 123 Å². The van der Waals surface area contributed by atoms with Crippen LogP contribution in [-0.2, 0) is 9.53 Å². The highest BCUT2D eigenvalue weighted by atomic mass is 32.2. The number of aromatic amines is 1. The summed E-state index contributed by atoms with van der Waals surface area (Å²) < 4.78 is 7.05. The average molecular weight is 590 g/mol. The van der Waals surface area contributed by atoms with E-state index in [1.807, 2.05) is 30.3 Å². The zero-order chi connectivity index (χ0) is 29.3. The number of fused-ring (bicyclic) bond motifs is 1. The van der Waals surface area contributed by atoms with Gasteiger partial charge in [-0.15, -0.1) is 0 Å². The lowest BCUT2D eigenvalue weighted by molar-refractivity contribution is -0.387. The van der Waals surface area contributed by atoms with Crippen LogP contribution in [0, 0.1) is 17.0 Å². The number of nitrogens with one attached hydrogen (secondary N) is 1. The van der Waals surface area contributed by atoms with Gasteiger partial charge in [0.15, 0.2) is 9.96 Å². The Morgan fingerprint density at radius 3 is 2.63 bits per heavy atom. The van der Waals surface area contributed by atoms with Crippen LogP contribution in [0.15, 0.2) is 90.5 Å². The van der Waals surface area contributed by atoms with Gasteiger partial charge < -0.3 is 9.72 Å². The number of nitro groups is 1. The molecule has 1 N–H and O–H groups in total. The zero-order valence-corrected chi connectivity index (χ0v) is 23.7. The summed E-state index contributed by atoms with van der Waals surface area (Å²) >= 11 is 2.09. The van der Waals surface area contributed by atoms with Crippen molar-refractivity contribution in [1.82, 2.24) is 14.5 Å². The van der Waals surface area contributed by atoms with Gasteiger partial charge in [-0.1, -0.05) is 47.7 Å². The number of carbonyl (C=O) groups excluding carboxylic acids is 1. The molecule has 0 unspecified atom stereocenters. The molecule has 1 aliphatic heterocycles. The molecule has 0 aliphatic carbocycles. The molecule has 41 heavy (non-hydrogen) atoms. The van der Waals surface area contributed by atoms with Gasteiger partial charge in [0, 0.05) is 17.8 Å². The van der Waals surface area contributed by atoms with Gasteiger partial charge in [-0.05, 0) is 55.8 Å². The van der Waals surface area contributed by atoms with Crippen molar-refractivity contribution in [2.24, 2.45) is 4.99 Å². The van der Waals surface area contributed by atoms with Crippen molar-refractivity contribution in [1.29, 1.82) is 0 Å². The summed E-state index contributed by atoms with van der Waals surface area (Å²) in [6.07, 6.45) is 1.56. The number of nitrogens with zero attached hydrogens (tertiary/aromatic N) is 4. The number of allylic oxidation sites excluding steroid dienone is 1. The summed E-state index contributed by atoms with van der Waals surface area (Å²) in [7, 11) is 0. The molecule has 0 saturated carbocycles. The molecular formula is C28H23N5O6S2. The van der Waals surface area contributed by atoms with Gasteiger partial charge in [-0.2, -0.15) is 0 Å². The van der Waals surface area contributed by atoms with E-state index in [2.05, 4.69) is 15.0 Å². The number of aryl methyl sites for hydroxylation is 1. The lowest BCUT2D eigenvalue weighted by Gasteiger charge is -2.24. The molecule has 2 aromatic carbocycles. The lowest BCUT2D eigenvalue weighted by atomic mass is 9.96. The highest BCUT2D eigenvalue weighted by molar-refractivity contribution is 7.99. The lowest BCUT2D eigenvalue weighted by Crippen LogP contribution is -2.39. The van der Waals surface area contributed by atoms with Crippen LogP contribution >= 0.6 is 23.1 Å². The number of thiazole rings is 1. The highest BCUT2D eigenvalue weighted by Crippen LogP contribution is 2.34. The number of H-pyrrole nitrogens is 1. The fourth-order valence-electron chi connectivity index (χ4n) is 4.45. The summed E-state index contributed by atoms with van der Waals surface area (Å²) in [4.78, 5) is 61.9. The minimum Gasteiger partial charge on any atom is -0.463 e. The van der Waals surface area contributed by atoms with E-state index in [1.165, 1.54) is 16.7 Å². The van der Waals surface area contributed by atoms with Crippen molar-refractivity contribution in [3.8, 4) is 0 Å². The summed E-state index contributed by atoms with van der Waals surface area (Å²) in [5.74, 6) is -0.551. The van der Waals surface area contributed by atoms with Crippen LogP contribution in [0.4, 0.5) is 5.69 Å². The van der Waals surface area contributed by atoms with Crippen LogP contribution in [0.3, 0.4) is 0 Å². The Kier molecular flexibility index (Phi) is 7.81. The van der Waals surface area contributed by atoms with Crippen LogP contribution in [0.2, 0.25) is 0 Å². The number of benzene rings is 2. The van der Waals surface area contributed by atoms with Gasteiger partial charge >= 0.3 is 5.97 Å². The minimum absolute atomic E-state index is 0.171. The van der Waals surface area contributed by atoms with E-state index in [4.69, 9.17) is 4.74 Å². The molecule has 208 valence electrons. The highest BCUT2D eigenvalue weighted by Gasteiger charge is 2.33. The van der Waals surface area contributed by atoms with Crippen LogP contribution in [0.1, 0.15) is 36.7 Å². The summed E-state index contributed by atoms with van der Waals surface area (Å²) in [5.41, 5.74) is 1.40. The molecule has 0 radical (unpaired) electrons. The maximum absolute atomic E-state index is 13.8. The van der Waals surface area contributed by atoms with Gasteiger partial charge in [0.25, 0.3) is 16.8 Å². The van der Waals surface area contributed by atoms with Crippen molar-refractivity contribution >= 4 is 40.8 Å². The largest absolute Gasteiger partial charge is 0.463 e. The Labute approximate surface area is 240 Å². The molecule has 13 heteroatoms.